The van der Waals surface area contributed by atoms with Crippen molar-refractivity contribution in [2.24, 2.45) is 0 Å². The highest BCUT2D eigenvalue weighted by atomic mass is 16.5. The Morgan fingerprint density at radius 3 is 3.17 bits per heavy atom. The van der Waals surface area contributed by atoms with E-state index in [-0.39, 0.29) is 0 Å². The summed E-state index contributed by atoms with van der Waals surface area (Å²) in [6.07, 6.45) is 3.52. The standard InChI is InChI=1S/C13H13N3O2/c1-17-12-4-2-3-9-5-11(18-13(9)12)8-14-10-6-15-16-7-10/h2-7,14H,8H2,1H3,(H,15,16). The van der Waals surface area contributed by atoms with Crippen LogP contribution in [-0.2, 0) is 6.54 Å². The molecule has 18 heavy (non-hydrogen) atoms. The van der Waals surface area contributed by atoms with E-state index >= 15 is 0 Å². The van der Waals surface area contributed by atoms with Crippen LogP contribution in [0.2, 0.25) is 0 Å². The molecule has 0 aliphatic rings. The maximum absolute atomic E-state index is 5.77. The van der Waals surface area contributed by atoms with Crippen LogP contribution >= 0.6 is 0 Å². The fourth-order valence-corrected chi connectivity index (χ4v) is 1.87. The van der Waals surface area contributed by atoms with Crippen LogP contribution in [0.25, 0.3) is 11.0 Å². The minimum Gasteiger partial charge on any atom is -0.493 e. The highest BCUT2D eigenvalue weighted by molar-refractivity contribution is 5.83. The van der Waals surface area contributed by atoms with Gasteiger partial charge in [-0.15, -0.1) is 0 Å². The van der Waals surface area contributed by atoms with E-state index in [1.807, 2.05) is 24.3 Å². The fraction of sp³-hybridized carbons (Fsp3) is 0.154. The number of nitrogens with one attached hydrogen (secondary N) is 2. The van der Waals surface area contributed by atoms with Crippen LogP contribution in [0.5, 0.6) is 5.75 Å². The Morgan fingerprint density at radius 1 is 1.44 bits per heavy atom. The van der Waals surface area contributed by atoms with Gasteiger partial charge in [-0.2, -0.15) is 5.10 Å². The van der Waals surface area contributed by atoms with E-state index in [1.54, 1.807) is 19.5 Å². The average Bonchev–Trinajstić information content (AvgIpc) is 3.04. The number of aromatic nitrogens is 2. The molecule has 0 amide bonds. The summed E-state index contributed by atoms with van der Waals surface area (Å²) in [5, 5.41) is 10.9. The SMILES string of the molecule is COc1cccc2cc(CNc3cn[nH]c3)oc12. The molecule has 3 rings (SSSR count). The summed E-state index contributed by atoms with van der Waals surface area (Å²) in [6, 6.07) is 7.84. The predicted octanol–water partition coefficient (Wildman–Crippen LogP) is 2.78. The minimum atomic E-state index is 0.608. The second kappa shape index (κ2) is 4.44. The van der Waals surface area contributed by atoms with E-state index in [0.29, 0.717) is 6.54 Å². The van der Waals surface area contributed by atoms with Gasteiger partial charge in [0.05, 0.1) is 25.5 Å². The van der Waals surface area contributed by atoms with Crippen LogP contribution in [0.3, 0.4) is 0 Å². The van der Waals surface area contributed by atoms with E-state index in [9.17, 15) is 0 Å². The molecule has 0 fully saturated rings. The number of hydrogen-bond acceptors (Lipinski definition) is 4. The van der Waals surface area contributed by atoms with Crippen LogP contribution in [0, 0.1) is 0 Å². The number of benzene rings is 1. The number of ether oxygens (including phenoxy) is 1. The fourth-order valence-electron chi connectivity index (χ4n) is 1.87. The normalized spacial score (nSPS) is 10.7. The molecule has 92 valence electrons. The zero-order valence-corrected chi connectivity index (χ0v) is 9.93. The van der Waals surface area contributed by atoms with E-state index in [0.717, 1.165) is 28.2 Å². The van der Waals surface area contributed by atoms with Crippen LogP contribution in [0.1, 0.15) is 5.76 Å². The molecular weight excluding hydrogens is 230 g/mol. The molecule has 2 heterocycles. The first kappa shape index (κ1) is 10.7. The lowest BCUT2D eigenvalue weighted by atomic mass is 10.2. The Kier molecular flexibility index (Phi) is 2.64. The van der Waals surface area contributed by atoms with Gasteiger partial charge in [-0.1, -0.05) is 12.1 Å². The Labute approximate surface area is 104 Å². The lowest BCUT2D eigenvalue weighted by Gasteiger charge is -2.00. The summed E-state index contributed by atoms with van der Waals surface area (Å²) in [5.41, 5.74) is 1.71. The van der Waals surface area contributed by atoms with Crippen molar-refractivity contribution in [3.05, 3.63) is 42.4 Å². The van der Waals surface area contributed by atoms with Gasteiger partial charge in [0.1, 0.15) is 5.76 Å². The monoisotopic (exact) mass is 243 g/mol. The quantitative estimate of drug-likeness (QED) is 0.739. The lowest BCUT2D eigenvalue weighted by Crippen LogP contribution is -1.96. The second-order valence-electron chi connectivity index (χ2n) is 3.93. The summed E-state index contributed by atoms with van der Waals surface area (Å²) in [7, 11) is 1.64. The number of fused-ring (bicyclic) bond motifs is 1. The van der Waals surface area contributed by atoms with Crippen LogP contribution in [0.4, 0.5) is 5.69 Å². The van der Waals surface area contributed by atoms with E-state index in [4.69, 9.17) is 9.15 Å². The molecule has 3 aromatic rings. The van der Waals surface area contributed by atoms with Crippen LogP contribution < -0.4 is 10.1 Å². The molecule has 0 aliphatic carbocycles. The average molecular weight is 243 g/mol. The number of anilines is 1. The molecule has 5 nitrogen and oxygen atoms in total. The maximum atomic E-state index is 5.77. The number of hydrogen-bond donors (Lipinski definition) is 2. The number of nitrogens with zero attached hydrogens (tertiary/aromatic N) is 1. The van der Waals surface area contributed by atoms with Crippen molar-refractivity contribution >= 4 is 16.7 Å². The van der Waals surface area contributed by atoms with E-state index in [1.165, 1.54) is 0 Å². The summed E-state index contributed by atoms with van der Waals surface area (Å²) in [6.45, 7) is 0.608. The molecule has 0 aliphatic heterocycles. The van der Waals surface area contributed by atoms with Crippen molar-refractivity contribution < 1.29 is 9.15 Å². The van der Waals surface area contributed by atoms with Crippen molar-refractivity contribution in [1.82, 2.24) is 10.2 Å². The van der Waals surface area contributed by atoms with Crippen molar-refractivity contribution in [3.63, 3.8) is 0 Å². The number of methoxy groups -OCH3 is 1. The predicted molar refractivity (Wildman–Crippen MR) is 68.7 cm³/mol. The first-order valence-electron chi connectivity index (χ1n) is 5.65. The molecule has 0 unspecified atom stereocenters. The van der Waals surface area contributed by atoms with Gasteiger partial charge in [0.25, 0.3) is 0 Å². The molecule has 0 spiro atoms. The molecule has 1 aromatic carbocycles. The van der Waals surface area contributed by atoms with Crippen molar-refractivity contribution in [2.75, 3.05) is 12.4 Å². The Balaban J connectivity index is 1.85. The summed E-state index contributed by atoms with van der Waals surface area (Å²) in [4.78, 5) is 0. The lowest BCUT2D eigenvalue weighted by molar-refractivity contribution is 0.408. The third-order valence-electron chi connectivity index (χ3n) is 2.74. The second-order valence-corrected chi connectivity index (χ2v) is 3.93. The highest BCUT2D eigenvalue weighted by Crippen LogP contribution is 2.28. The van der Waals surface area contributed by atoms with Gasteiger partial charge in [-0.25, -0.2) is 0 Å². The minimum absolute atomic E-state index is 0.608. The number of rotatable bonds is 4. The van der Waals surface area contributed by atoms with Gasteiger partial charge in [-0.05, 0) is 12.1 Å². The van der Waals surface area contributed by atoms with Gasteiger partial charge in [0, 0.05) is 11.6 Å². The van der Waals surface area contributed by atoms with Gasteiger partial charge < -0.3 is 14.5 Å². The van der Waals surface area contributed by atoms with Crippen molar-refractivity contribution in [2.45, 2.75) is 6.54 Å². The van der Waals surface area contributed by atoms with Gasteiger partial charge in [0.15, 0.2) is 11.3 Å². The van der Waals surface area contributed by atoms with Crippen molar-refractivity contribution in [3.8, 4) is 5.75 Å². The number of aromatic amines is 1. The topological polar surface area (TPSA) is 63.1 Å². The van der Waals surface area contributed by atoms with Gasteiger partial charge >= 0.3 is 0 Å². The number of H-pyrrole nitrogens is 1. The van der Waals surface area contributed by atoms with Crippen LogP contribution in [0.15, 0.2) is 41.1 Å². The molecule has 0 radical (unpaired) electrons. The summed E-state index contributed by atoms with van der Waals surface area (Å²) < 4.78 is 11.0. The summed E-state index contributed by atoms with van der Waals surface area (Å²) >= 11 is 0. The molecular formula is C13H13N3O2. The summed E-state index contributed by atoms with van der Waals surface area (Å²) in [5.74, 6) is 1.61. The highest BCUT2D eigenvalue weighted by Gasteiger charge is 2.08. The maximum Gasteiger partial charge on any atom is 0.176 e. The molecule has 0 atom stereocenters. The van der Waals surface area contributed by atoms with Crippen LogP contribution in [-0.4, -0.2) is 17.3 Å². The smallest absolute Gasteiger partial charge is 0.176 e. The Bertz CT molecular complexity index is 643. The largest absolute Gasteiger partial charge is 0.493 e. The van der Waals surface area contributed by atoms with Crippen molar-refractivity contribution in [1.29, 1.82) is 0 Å². The van der Waals surface area contributed by atoms with E-state index < -0.39 is 0 Å². The first-order chi connectivity index (χ1) is 8.86. The molecule has 0 saturated carbocycles. The molecule has 0 saturated heterocycles. The number of para-hydroxylation sites is 1. The zero-order chi connectivity index (χ0) is 12.4. The molecule has 0 bridgehead atoms. The zero-order valence-electron chi connectivity index (χ0n) is 9.93. The Morgan fingerprint density at radius 2 is 2.39 bits per heavy atom. The Hall–Kier alpha value is -2.43. The number of furan rings is 1. The third-order valence-corrected chi connectivity index (χ3v) is 2.74. The van der Waals surface area contributed by atoms with E-state index in [2.05, 4.69) is 15.5 Å². The molecule has 5 heteroatoms. The molecule has 2 aromatic heterocycles. The third kappa shape index (κ3) is 1.90. The first-order valence-corrected chi connectivity index (χ1v) is 5.65. The van der Waals surface area contributed by atoms with Gasteiger partial charge in [0.2, 0.25) is 0 Å². The molecule has 2 N–H and O–H groups in total. The van der Waals surface area contributed by atoms with Gasteiger partial charge in [-0.3, -0.25) is 5.10 Å².